The number of benzene rings is 1. The van der Waals surface area contributed by atoms with Gasteiger partial charge in [-0.25, -0.2) is 0 Å². The zero-order valence-corrected chi connectivity index (χ0v) is 19.5. The Morgan fingerprint density at radius 3 is 2.73 bits per heavy atom. The van der Waals surface area contributed by atoms with E-state index in [4.69, 9.17) is 25.1 Å². The lowest BCUT2D eigenvalue weighted by Crippen LogP contribution is -2.35. The molecule has 0 saturated carbocycles. The first-order chi connectivity index (χ1) is 15.9. The van der Waals surface area contributed by atoms with Gasteiger partial charge in [0, 0.05) is 19.4 Å². The molecule has 0 aromatic heterocycles. The monoisotopic (exact) mass is 463 g/mol. The highest BCUT2D eigenvalue weighted by atomic mass is 16.7. The van der Waals surface area contributed by atoms with Crippen LogP contribution in [0.3, 0.4) is 0 Å². The number of hydrogen-bond donors (Lipinski definition) is 4. The van der Waals surface area contributed by atoms with E-state index in [1.165, 1.54) is 0 Å². The molecular weight excluding hydrogens is 426 g/mol. The Kier molecular flexibility index (Phi) is 11.7. The second kappa shape index (κ2) is 14.5. The summed E-state index contributed by atoms with van der Waals surface area (Å²) in [6, 6.07) is 7.12. The third-order valence-electron chi connectivity index (χ3n) is 5.29. The molecule has 1 heterocycles. The molecule has 0 saturated heterocycles. The molecule has 33 heavy (non-hydrogen) atoms. The van der Waals surface area contributed by atoms with E-state index >= 15 is 0 Å². The van der Waals surface area contributed by atoms with Crippen molar-refractivity contribution >= 4 is 23.2 Å². The summed E-state index contributed by atoms with van der Waals surface area (Å²) >= 11 is 0. The molecule has 9 nitrogen and oxygen atoms in total. The summed E-state index contributed by atoms with van der Waals surface area (Å²) in [6.45, 7) is 5.53. The summed E-state index contributed by atoms with van der Waals surface area (Å²) in [5.74, 6) is 0.369. The fourth-order valence-corrected chi connectivity index (χ4v) is 3.34. The molecule has 2 rings (SSSR count). The number of carbonyl (C=O) groups is 2. The van der Waals surface area contributed by atoms with Crippen LogP contribution in [-0.4, -0.2) is 56.2 Å². The van der Waals surface area contributed by atoms with Gasteiger partial charge in [0.15, 0.2) is 5.76 Å². The van der Waals surface area contributed by atoms with E-state index < -0.39 is 6.29 Å². The van der Waals surface area contributed by atoms with Gasteiger partial charge in [0.2, 0.25) is 12.2 Å². The average Bonchev–Trinajstić information content (AvgIpc) is 2.80. The fraction of sp³-hybridized carbons (Fsp3) is 0.583. The number of nitrogen functional groups attached to an aromatic ring is 1. The van der Waals surface area contributed by atoms with Crippen LogP contribution in [0.2, 0.25) is 0 Å². The number of aliphatic hydroxyl groups is 1. The lowest BCUT2D eigenvalue weighted by atomic mass is 9.90. The minimum absolute atomic E-state index is 0.0330. The van der Waals surface area contributed by atoms with Gasteiger partial charge in [-0.15, -0.1) is 0 Å². The molecule has 1 aliphatic rings. The van der Waals surface area contributed by atoms with Crippen molar-refractivity contribution in [2.75, 3.05) is 44.0 Å². The largest absolute Gasteiger partial charge is 0.459 e. The Labute approximate surface area is 195 Å². The number of unbranched alkanes of at least 4 members (excludes halogenated alkanes) is 1. The van der Waals surface area contributed by atoms with Gasteiger partial charge in [-0.3, -0.25) is 9.59 Å². The minimum atomic E-state index is -0.519. The molecule has 0 aliphatic carbocycles. The van der Waals surface area contributed by atoms with Crippen LogP contribution < -0.4 is 16.4 Å². The highest BCUT2D eigenvalue weighted by molar-refractivity contribution is 5.93. The van der Waals surface area contributed by atoms with E-state index in [-0.39, 0.29) is 36.7 Å². The van der Waals surface area contributed by atoms with E-state index in [1.54, 1.807) is 12.1 Å². The molecule has 1 aliphatic heterocycles. The lowest BCUT2D eigenvalue weighted by molar-refractivity contribution is -0.155. The maximum atomic E-state index is 12.6. The van der Waals surface area contributed by atoms with Crippen LogP contribution in [-0.2, 0) is 23.8 Å². The molecule has 1 aromatic rings. The van der Waals surface area contributed by atoms with E-state index in [2.05, 4.69) is 24.5 Å². The van der Waals surface area contributed by atoms with Crippen LogP contribution in [0.5, 0.6) is 0 Å². The van der Waals surface area contributed by atoms with Crippen LogP contribution in [0.1, 0.15) is 39.5 Å². The maximum absolute atomic E-state index is 12.6. The molecule has 9 heteroatoms. The quantitative estimate of drug-likeness (QED) is 0.246. The lowest BCUT2D eigenvalue weighted by Gasteiger charge is -2.30. The first-order valence-corrected chi connectivity index (χ1v) is 11.5. The van der Waals surface area contributed by atoms with E-state index in [0.717, 1.165) is 0 Å². The average molecular weight is 464 g/mol. The van der Waals surface area contributed by atoms with Crippen LogP contribution in [0.15, 0.2) is 36.1 Å². The van der Waals surface area contributed by atoms with Gasteiger partial charge in [-0.2, -0.15) is 0 Å². The number of hydrogen-bond acceptors (Lipinski definition) is 7. The van der Waals surface area contributed by atoms with Crippen molar-refractivity contribution in [2.24, 2.45) is 11.8 Å². The zero-order valence-electron chi connectivity index (χ0n) is 19.5. The number of carbonyl (C=O) groups excluding carboxylic acids is 2. The smallest absolute Gasteiger partial charge is 0.286 e. The number of ether oxygens (including phenoxy) is 3. The normalized spacial score (nSPS) is 17.9. The summed E-state index contributed by atoms with van der Waals surface area (Å²) in [5.41, 5.74) is 6.96. The van der Waals surface area contributed by atoms with Crippen molar-refractivity contribution in [3.8, 4) is 0 Å². The van der Waals surface area contributed by atoms with Crippen molar-refractivity contribution in [3.05, 3.63) is 36.1 Å². The predicted octanol–water partition coefficient (Wildman–Crippen LogP) is 2.42. The topological polar surface area (TPSA) is 132 Å². The summed E-state index contributed by atoms with van der Waals surface area (Å²) < 4.78 is 16.7. The van der Waals surface area contributed by atoms with Gasteiger partial charge in [0.05, 0.1) is 37.8 Å². The minimum Gasteiger partial charge on any atom is -0.459 e. The molecule has 0 unspecified atom stereocenters. The molecule has 5 N–H and O–H groups in total. The van der Waals surface area contributed by atoms with Gasteiger partial charge in [-0.05, 0) is 42.9 Å². The van der Waals surface area contributed by atoms with Crippen LogP contribution in [0.25, 0.3) is 0 Å². The number of nitrogens with one attached hydrogen (secondary N) is 2. The zero-order chi connectivity index (χ0) is 24.1. The molecular formula is C24H37N3O6. The van der Waals surface area contributed by atoms with Crippen molar-refractivity contribution in [2.45, 2.75) is 45.8 Å². The summed E-state index contributed by atoms with van der Waals surface area (Å²) in [4.78, 5) is 24.7. The Balaban J connectivity index is 1.71. The number of nitrogens with two attached hydrogens (primary N) is 1. The molecule has 2 atom stereocenters. The van der Waals surface area contributed by atoms with Gasteiger partial charge in [0.1, 0.15) is 0 Å². The van der Waals surface area contributed by atoms with E-state index in [9.17, 15) is 9.59 Å². The molecule has 0 radical (unpaired) electrons. The second-order valence-corrected chi connectivity index (χ2v) is 8.28. The van der Waals surface area contributed by atoms with E-state index in [0.29, 0.717) is 62.7 Å². The SMILES string of the molecule is CC(C)[C@@H]1C=C(C(=O)NCCCCC(=O)Nc2ccccc2N)O[C@H](OCCOCCO)C1. The molecule has 0 bridgehead atoms. The number of amides is 2. The van der Waals surface area contributed by atoms with E-state index in [1.807, 2.05) is 18.2 Å². The van der Waals surface area contributed by atoms with Gasteiger partial charge in [-0.1, -0.05) is 26.0 Å². The van der Waals surface area contributed by atoms with Crippen molar-refractivity contribution in [3.63, 3.8) is 0 Å². The van der Waals surface area contributed by atoms with Crippen LogP contribution >= 0.6 is 0 Å². The summed E-state index contributed by atoms with van der Waals surface area (Å²) in [6.07, 6.45) is 3.64. The number of rotatable bonds is 14. The summed E-state index contributed by atoms with van der Waals surface area (Å²) in [5, 5.41) is 14.4. The Hall–Kier alpha value is -2.62. The molecule has 1 aromatic carbocycles. The first kappa shape index (κ1) is 26.6. The molecule has 0 spiro atoms. The fourth-order valence-electron chi connectivity index (χ4n) is 3.34. The van der Waals surface area contributed by atoms with Gasteiger partial charge < -0.3 is 35.7 Å². The maximum Gasteiger partial charge on any atom is 0.286 e. The van der Waals surface area contributed by atoms with Crippen molar-refractivity contribution in [1.29, 1.82) is 0 Å². The third-order valence-corrected chi connectivity index (χ3v) is 5.29. The highest BCUT2D eigenvalue weighted by Crippen LogP contribution is 2.28. The second-order valence-electron chi connectivity index (χ2n) is 8.28. The molecule has 0 fully saturated rings. The van der Waals surface area contributed by atoms with Gasteiger partial charge in [0.25, 0.3) is 5.91 Å². The predicted molar refractivity (Wildman–Crippen MR) is 126 cm³/mol. The first-order valence-electron chi connectivity index (χ1n) is 11.5. The molecule has 2 amide bonds. The third kappa shape index (κ3) is 9.81. The standard InChI is InChI=1S/C24H37N3O6/c1-17(2)18-15-21(33-23(16-18)32-14-13-31-12-11-28)24(30)26-10-6-5-9-22(29)27-20-8-4-3-7-19(20)25/h3-4,7-8,15,17-18,23,28H,5-6,9-14,16,25H2,1-2H3,(H,26,30)(H,27,29)/t18-,23+/m1/s1. The van der Waals surface area contributed by atoms with Crippen LogP contribution in [0.4, 0.5) is 11.4 Å². The highest BCUT2D eigenvalue weighted by Gasteiger charge is 2.29. The van der Waals surface area contributed by atoms with Crippen LogP contribution in [0, 0.1) is 11.8 Å². The summed E-state index contributed by atoms with van der Waals surface area (Å²) in [7, 11) is 0. The number of allylic oxidation sites excluding steroid dienone is 1. The van der Waals surface area contributed by atoms with Crippen molar-refractivity contribution in [1.82, 2.24) is 5.32 Å². The van der Waals surface area contributed by atoms with Crippen molar-refractivity contribution < 1.29 is 28.9 Å². The Morgan fingerprint density at radius 2 is 2.00 bits per heavy atom. The Bertz CT molecular complexity index is 783. The number of anilines is 2. The van der Waals surface area contributed by atoms with Gasteiger partial charge >= 0.3 is 0 Å². The molecule has 184 valence electrons. The number of para-hydroxylation sites is 2. The Morgan fingerprint density at radius 1 is 1.21 bits per heavy atom. The number of aliphatic hydroxyl groups excluding tert-OH is 1.